The Morgan fingerprint density at radius 2 is 1.91 bits per heavy atom. The van der Waals surface area contributed by atoms with Gasteiger partial charge in [0.15, 0.2) is 0 Å². The van der Waals surface area contributed by atoms with Crippen molar-refractivity contribution in [3.05, 3.63) is 29.6 Å². The zero-order chi connectivity index (χ0) is 15.8. The SMILES string of the molecule is Cc1cc(F)cc(S(=O)(=O)N2CCCC3(CCOCC3)C2)c1. The summed E-state index contributed by atoms with van der Waals surface area (Å²) in [5.41, 5.74) is 0.655. The summed E-state index contributed by atoms with van der Waals surface area (Å²) < 4.78 is 46.2. The van der Waals surface area contributed by atoms with E-state index < -0.39 is 15.8 Å². The average molecular weight is 327 g/mol. The van der Waals surface area contributed by atoms with Crippen molar-refractivity contribution in [2.24, 2.45) is 5.41 Å². The van der Waals surface area contributed by atoms with E-state index in [1.165, 1.54) is 10.4 Å². The van der Waals surface area contributed by atoms with Gasteiger partial charge < -0.3 is 4.74 Å². The third kappa shape index (κ3) is 3.05. The van der Waals surface area contributed by atoms with Crippen LogP contribution in [0.5, 0.6) is 0 Å². The molecule has 0 bridgehead atoms. The predicted molar refractivity (Wildman–Crippen MR) is 81.6 cm³/mol. The number of aryl methyl sites for hydroxylation is 1. The van der Waals surface area contributed by atoms with Crippen molar-refractivity contribution in [3.8, 4) is 0 Å². The summed E-state index contributed by atoms with van der Waals surface area (Å²) in [4.78, 5) is 0.0640. The molecule has 0 saturated carbocycles. The summed E-state index contributed by atoms with van der Waals surface area (Å²) >= 11 is 0. The van der Waals surface area contributed by atoms with Crippen molar-refractivity contribution in [2.75, 3.05) is 26.3 Å². The monoisotopic (exact) mass is 327 g/mol. The number of rotatable bonds is 2. The Morgan fingerprint density at radius 3 is 2.59 bits per heavy atom. The van der Waals surface area contributed by atoms with Crippen molar-refractivity contribution in [1.29, 1.82) is 0 Å². The van der Waals surface area contributed by atoms with Crippen LogP contribution in [0.2, 0.25) is 0 Å². The lowest BCUT2D eigenvalue weighted by Gasteiger charge is -2.44. The molecule has 1 aromatic rings. The second-order valence-electron chi connectivity index (χ2n) is 6.52. The van der Waals surface area contributed by atoms with Crippen LogP contribution in [0.25, 0.3) is 0 Å². The number of piperidine rings is 1. The summed E-state index contributed by atoms with van der Waals surface area (Å²) in [5, 5.41) is 0. The van der Waals surface area contributed by atoms with Gasteiger partial charge in [-0.05, 0) is 61.8 Å². The van der Waals surface area contributed by atoms with Gasteiger partial charge in [-0.3, -0.25) is 0 Å². The smallest absolute Gasteiger partial charge is 0.243 e. The van der Waals surface area contributed by atoms with Crippen molar-refractivity contribution < 1.29 is 17.5 Å². The van der Waals surface area contributed by atoms with Gasteiger partial charge in [-0.15, -0.1) is 0 Å². The number of ether oxygens (including phenoxy) is 1. The lowest BCUT2D eigenvalue weighted by Crippen LogP contribution is -2.48. The molecule has 0 aliphatic carbocycles. The maximum atomic E-state index is 13.6. The van der Waals surface area contributed by atoms with Gasteiger partial charge >= 0.3 is 0 Å². The second kappa shape index (κ2) is 5.91. The molecule has 22 heavy (non-hydrogen) atoms. The van der Waals surface area contributed by atoms with Crippen LogP contribution in [0.3, 0.4) is 0 Å². The topological polar surface area (TPSA) is 46.6 Å². The molecule has 0 aromatic heterocycles. The first-order chi connectivity index (χ1) is 10.4. The van der Waals surface area contributed by atoms with Crippen LogP contribution < -0.4 is 0 Å². The molecule has 2 aliphatic rings. The van der Waals surface area contributed by atoms with E-state index in [1.54, 1.807) is 13.0 Å². The molecular weight excluding hydrogens is 305 g/mol. The van der Waals surface area contributed by atoms with E-state index in [1.807, 2.05) is 0 Å². The lowest BCUT2D eigenvalue weighted by atomic mass is 9.74. The summed E-state index contributed by atoms with van der Waals surface area (Å²) in [6.45, 7) is 4.15. The molecule has 0 unspecified atom stereocenters. The van der Waals surface area contributed by atoms with Gasteiger partial charge in [0.25, 0.3) is 0 Å². The molecule has 122 valence electrons. The van der Waals surface area contributed by atoms with Gasteiger partial charge in [-0.25, -0.2) is 12.8 Å². The quantitative estimate of drug-likeness (QED) is 0.839. The number of halogens is 1. The van der Waals surface area contributed by atoms with Crippen molar-refractivity contribution >= 4 is 10.0 Å². The van der Waals surface area contributed by atoms with Crippen LogP contribution in [-0.2, 0) is 14.8 Å². The minimum Gasteiger partial charge on any atom is -0.381 e. The van der Waals surface area contributed by atoms with E-state index in [4.69, 9.17) is 4.74 Å². The standard InChI is InChI=1S/C16H22FNO3S/c1-13-9-14(17)11-15(10-13)22(19,20)18-6-2-3-16(12-18)4-7-21-8-5-16/h9-11H,2-8,12H2,1H3. The first-order valence-corrected chi connectivity index (χ1v) is 9.21. The molecule has 2 heterocycles. The van der Waals surface area contributed by atoms with Gasteiger partial charge in [0.1, 0.15) is 5.82 Å². The third-order valence-corrected chi connectivity index (χ3v) is 6.66. The van der Waals surface area contributed by atoms with E-state index in [0.29, 0.717) is 31.9 Å². The van der Waals surface area contributed by atoms with E-state index in [-0.39, 0.29) is 10.3 Å². The fourth-order valence-electron chi connectivity index (χ4n) is 3.58. The molecule has 3 rings (SSSR count). The largest absolute Gasteiger partial charge is 0.381 e. The molecule has 0 amide bonds. The zero-order valence-corrected chi connectivity index (χ0v) is 13.7. The van der Waals surface area contributed by atoms with Crippen LogP contribution in [0, 0.1) is 18.2 Å². The first-order valence-electron chi connectivity index (χ1n) is 7.77. The molecule has 4 nitrogen and oxygen atoms in total. The molecule has 2 aliphatic heterocycles. The highest BCUT2D eigenvalue weighted by molar-refractivity contribution is 7.89. The minimum absolute atomic E-state index is 0.0337. The van der Waals surface area contributed by atoms with Crippen LogP contribution in [0.4, 0.5) is 4.39 Å². The van der Waals surface area contributed by atoms with Crippen LogP contribution >= 0.6 is 0 Å². The van der Waals surface area contributed by atoms with Crippen LogP contribution in [0.1, 0.15) is 31.2 Å². The summed E-state index contributed by atoms with van der Waals surface area (Å²) in [5.74, 6) is -0.503. The number of benzene rings is 1. The molecule has 0 radical (unpaired) electrons. The predicted octanol–water partition coefficient (Wildman–Crippen LogP) is 2.72. The summed E-state index contributed by atoms with van der Waals surface area (Å²) in [6, 6.07) is 4.01. The molecule has 1 spiro atoms. The lowest BCUT2D eigenvalue weighted by molar-refractivity contribution is -0.0117. The number of nitrogens with zero attached hydrogens (tertiary/aromatic N) is 1. The fraction of sp³-hybridized carbons (Fsp3) is 0.625. The van der Waals surface area contributed by atoms with Gasteiger partial charge in [0.2, 0.25) is 10.0 Å². The summed E-state index contributed by atoms with van der Waals surface area (Å²) in [7, 11) is -3.63. The first kappa shape index (κ1) is 15.9. The van der Waals surface area contributed by atoms with Crippen molar-refractivity contribution in [3.63, 3.8) is 0 Å². The third-order valence-electron chi connectivity index (χ3n) is 4.83. The Morgan fingerprint density at radius 1 is 1.18 bits per heavy atom. The van der Waals surface area contributed by atoms with Crippen molar-refractivity contribution in [2.45, 2.75) is 37.5 Å². The number of hydrogen-bond acceptors (Lipinski definition) is 3. The van der Waals surface area contributed by atoms with Gasteiger partial charge in [-0.1, -0.05) is 0 Å². The summed E-state index contributed by atoms with van der Waals surface area (Å²) in [6.07, 6.45) is 3.71. The number of sulfonamides is 1. The van der Waals surface area contributed by atoms with Crippen LogP contribution in [0.15, 0.2) is 23.1 Å². The van der Waals surface area contributed by atoms with E-state index in [0.717, 1.165) is 31.7 Å². The molecule has 2 fully saturated rings. The molecule has 0 atom stereocenters. The molecule has 6 heteroatoms. The highest BCUT2D eigenvalue weighted by atomic mass is 32.2. The normalized spacial score (nSPS) is 22.8. The Hall–Kier alpha value is -0.980. The van der Waals surface area contributed by atoms with E-state index >= 15 is 0 Å². The highest BCUT2D eigenvalue weighted by Crippen LogP contribution is 2.40. The molecule has 2 saturated heterocycles. The van der Waals surface area contributed by atoms with E-state index in [2.05, 4.69) is 0 Å². The minimum atomic E-state index is -3.63. The van der Waals surface area contributed by atoms with Crippen molar-refractivity contribution in [1.82, 2.24) is 4.31 Å². The maximum absolute atomic E-state index is 13.6. The Balaban J connectivity index is 1.88. The van der Waals surface area contributed by atoms with Gasteiger partial charge in [0, 0.05) is 26.3 Å². The Bertz CT molecular complexity index is 628. The van der Waals surface area contributed by atoms with Crippen LogP contribution in [-0.4, -0.2) is 39.0 Å². The molecular formula is C16H22FNO3S. The van der Waals surface area contributed by atoms with E-state index in [9.17, 15) is 12.8 Å². The Kier molecular flexibility index (Phi) is 4.27. The average Bonchev–Trinajstić information content (AvgIpc) is 2.47. The van der Waals surface area contributed by atoms with Gasteiger partial charge in [0.05, 0.1) is 4.90 Å². The number of hydrogen-bond donors (Lipinski definition) is 0. The molecule has 0 N–H and O–H groups in total. The second-order valence-corrected chi connectivity index (χ2v) is 8.46. The Labute approximate surface area is 131 Å². The highest BCUT2D eigenvalue weighted by Gasteiger charge is 2.41. The van der Waals surface area contributed by atoms with Gasteiger partial charge in [-0.2, -0.15) is 4.31 Å². The fourth-order valence-corrected chi connectivity index (χ4v) is 5.29. The maximum Gasteiger partial charge on any atom is 0.243 e. The molecule has 1 aromatic carbocycles. The zero-order valence-electron chi connectivity index (χ0n) is 12.8.